The number of carbonyl (C=O) groups is 1. The van der Waals surface area contributed by atoms with Crippen LogP contribution in [0.4, 0.5) is 0 Å². The first-order valence-corrected chi connectivity index (χ1v) is 8.44. The number of amides is 1. The molecule has 0 saturated heterocycles. The molecule has 1 heterocycles. The summed E-state index contributed by atoms with van der Waals surface area (Å²) >= 11 is 0. The third kappa shape index (κ3) is 5.16. The van der Waals surface area contributed by atoms with Crippen molar-refractivity contribution in [3.63, 3.8) is 0 Å². The summed E-state index contributed by atoms with van der Waals surface area (Å²) in [5.74, 6) is 1.57. The first-order valence-electron chi connectivity index (χ1n) is 8.44. The number of carbonyl (C=O) groups excluding carboxylic acids is 1. The minimum atomic E-state index is -0.433. The molecule has 0 unspecified atom stereocenters. The average molecular weight is 330 g/mol. The van der Waals surface area contributed by atoms with Gasteiger partial charge in [0.15, 0.2) is 5.82 Å². The maximum atomic E-state index is 11.9. The lowest BCUT2D eigenvalue weighted by molar-refractivity contribution is -0.122. The topological polar surface area (TPSA) is 94.0 Å². The zero-order chi connectivity index (χ0) is 17.5. The largest absolute Gasteiger partial charge is 0.354 e. The summed E-state index contributed by atoms with van der Waals surface area (Å²) in [5.41, 5.74) is 7.89. The molecule has 3 N–H and O–H groups in total. The summed E-state index contributed by atoms with van der Waals surface area (Å²) in [6.45, 7) is 6.67. The van der Waals surface area contributed by atoms with E-state index in [1.165, 1.54) is 0 Å². The first kappa shape index (κ1) is 18.1. The van der Waals surface area contributed by atoms with E-state index in [4.69, 9.17) is 10.3 Å². The van der Waals surface area contributed by atoms with E-state index in [0.29, 0.717) is 30.6 Å². The zero-order valence-corrected chi connectivity index (χ0v) is 14.6. The average Bonchev–Trinajstić information content (AvgIpc) is 3.04. The Balaban J connectivity index is 1.82. The van der Waals surface area contributed by atoms with Crippen molar-refractivity contribution in [2.24, 2.45) is 11.7 Å². The highest BCUT2D eigenvalue weighted by atomic mass is 16.5. The van der Waals surface area contributed by atoms with Gasteiger partial charge in [0.1, 0.15) is 0 Å². The van der Waals surface area contributed by atoms with Crippen LogP contribution in [0.3, 0.4) is 0 Å². The highest BCUT2D eigenvalue weighted by Gasteiger charge is 2.14. The summed E-state index contributed by atoms with van der Waals surface area (Å²) in [6.07, 6.45) is 2.20. The lowest BCUT2D eigenvalue weighted by Gasteiger charge is -2.14. The number of aryl methyl sites for hydroxylation is 1. The van der Waals surface area contributed by atoms with Crippen molar-refractivity contribution in [2.75, 3.05) is 6.54 Å². The van der Waals surface area contributed by atoms with Crippen LogP contribution in [0.2, 0.25) is 0 Å². The van der Waals surface area contributed by atoms with Gasteiger partial charge in [-0.3, -0.25) is 4.79 Å². The van der Waals surface area contributed by atoms with Crippen molar-refractivity contribution in [3.8, 4) is 11.5 Å². The van der Waals surface area contributed by atoms with Gasteiger partial charge in [-0.25, -0.2) is 0 Å². The van der Waals surface area contributed by atoms with Crippen LogP contribution in [0.1, 0.15) is 38.6 Å². The van der Waals surface area contributed by atoms with Crippen LogP contribution < -0.4 is 11.1 Å². The summed E-state index contributed by atoms with van der Waals surface area (Å²) in [7, 11) is 0. The van der Waals surface area contributed by atoms with Gasteiger partial charge in [0.2, 0.25) is 5.91 Å². The molecule has 130 valence electrons. The smallest absolute Gasteiger partial charge is 0.257 e. The quantitative estimate of drug-likeness (QED) is 0.775. The van der Waals surface area contributed by atoms with Gasteiger partial charge >= 0.3 is 0 Å². The monoisotopic (exact) mass is 330 g/mol. The predicted molar refractivity (Wildman–Crippen MR) is 93.3 cm³/mol. The van der Waals surface area contributed by atoms with Crippen LogP contribution in [0.15, 0.2) is 28.8 Å². The molecule has 0 spiro atoms. The molecule has 1 aromatic carbocycles. The molecule has 2 aromatic rings. The van der Waals surface area contributed by atoms with E-state index in [2.05, 4.69) is 29.3 Å². The minimum absolute atomic E-state index is 0.0849. The van der Waals surface area contributed by atoms with Crippen molar-refractivity contribution in [1.82, 2.24) is 15.5 Å². The van der Waals surface area contributed by atoms with E-state index in [1.54, 1.807) is 0 Å². The molecule has 2 rings (SSSR count). The highest BCUT2D eigenvalue weighted by molar-refractivity contribution is 5.81. The molecule has 24 heavy (non-hydrogen) atoms. The van der Waals surface area contributed by atoms with Gasteiger partial charge in [-0.05, 0) is 36.5 Å². The van der Waals surface area contributed by atoms with E-state index in [0.717, 1.165) is 24.0 Å². The number of hydrogen-bond donors (Lipinski definition) is 2. The van der Waals surface area contributed by atoms with Gasteiger partial charge in [0, 0.05) is 18.5 Å². The number of rotatable bonds is 8. The molecule has 1 aromatic heterocycles. The second-order valence-electron chi connectivity index (χ2n) is 6.34. The fourth-order valence-corrected chi connectivity index (χ4v) is 2.40. The molecule has 0 saturated carbocycles. The molecular weight excluding hydrogens is 304 g/mol. The third-order valence-electron chi connectivity index (χ3n) is 3.76. The van der Waals surface area contributed by atoms with E-state index in [-0.39, 0.29) is 5.91 Å². The molecule has 0 radical (unpaired) electrons. The standard InChI is InChI=1S/C18H26N4O2/c1-4-16-21-18(24-22-16)14-7-5-13(6-8-14)9-10-20-17(23)15(19)11-12(2)3/h5-8,12,15H,4,9-11,19H2,1-3H3,(H,20,23)/t15-/m0/s1. The summed E-state index contributed by atoms with van der Waals surface area (Å²) in [4.78, 5) is 16.2. The summed E-state index contributed by atoms with van der Waals surface area (Å²) < 4.78 is 5.22. The van der Waals surface area contributed by atoms with Crippen LogP contribution in [0.5, 0.6) is 0 Å². The van der Waals surface area contributed by atoms with Gasteiger partial charge in [-0.2, -0.15) is 4.98 Å². The van der Waals surface area contributed by atoms with Gasteiger partial charge in [0.05, 0.1) is 6.04 Å². The van der Waals surface area contributed by atoms with Crippen LogP contribution in [-0.4, -0.2) is 28.6 Å². The third-order valence-corrected chi connectivity index (χ3v) is 3.76. The fraction of sp³-hybridized carbons (Fsp3) is 0.500. The molecule has 1 atom stereocenters. The van der Waals surface area contributed by atoms with Gasteiger partial charge in [-0.1, -0.05) is 38.1 Å². The normalized spacial score (nSPS) is 12.4. The van der Waals surface area contributed by atoms with E-state index < -0.39 is 6.04 Å². The predicted octanol–water partition coefficient (Wildman–Crippen LogP) is 2.33. The molecule has 0 aliphatic carbocycles. The molecule has 6 heteroatoms. The number of hydrogen-bond acceptors (Lipinski definition) is 5. The first-order chi connectivity index (χ1) is 11.5. The van der Waals surface area contributed by atoms with Crippen molar-refractivity contribution in [3.05, 3.63) is 35.7 Å². The number of nitrogens with two attached hydrogens (primary N) is 1. The molecule has 0 fully saturated rings. The second-order valence-corrected chi connectivity index (χ2v) is 6.34. The Morgan fingerprint density at radius 1 is 1.29 bits per heavy atom. The lowest BCUT2D eigenvalue weighted by atomic mass is 10.0. The van der Waals surface area contributed by atoms with Crippen molar-refractivity contribution in [2.45, 2.75) is 46.1 Å². The zero-order valence-electron chi connectivity index (χ0n) is 14.6. The molecule has 0 aliphatic rings. The Morgan fingerprint density at radius 2 is 2.00 bits per heavy atom. The Kier molecular flexibility index (Phi) is 6.49. The molecule has 1 amide bonds. The Bertz CT molecular complexity index is 649. The Hall–Kier alpha value is -2.21. The lowest BCUT2D eigenvalue weighted by Crippen LogP contribution is -2.42. The second kappa shape index (κ2) is 8.59. The Labute approximate surface area is 142 Å². The van der Waals surface area contributed by atoms with Crippen molar-refractivity contribution in [1.29, 1.82) is 0 Å². The van der Waals surface area contributed by atoms with Gasteiger partial charge in [0.25, 0.3) is 5.89 Å². The SMILES string of the molecule is CCc1noc(-c2ccc(CCNC(=O)[C@@H](N)CC(C)C)cc2)n1. The van der Waals surface area contributed by atoms with E-state index in [9.17, 15) is 4.79 Å². The summed E-state index contributed by atoms with van der Waals surface area (Å²) in [6, 6.07) is 7.48. The van der Waals surface area contributed by atoms with Crippen LogP contribution in [-0.2, 0) is 17.6 Å². The van der Waals surface area contributed by atoms with Crippen LogP contribution in [0, 0.1) is 5.92 Å². The number of aromatic nitrogens is 2. The van der Waals surface area contributed by atoms with E-state index >= 15 is 0 Å². The maximum Gasteiger partial charge on any atom is 0.257 e. The molecule has 0 aliphatic heterocycles. The molecule has 6 nitrogen and oxygen atoms in total. The van der Waals surface area contributed by atoms with Gasteiger partial charge < -0.3 is 15.6 Å². The number of benzene rings is 1. The summed E-state index contributed by atoms with van der Waals surface area (Å²) in [5, 5.41) is 6.78. The Morgan fingerprint density at radius 3 is 2.58 bits per heavy atom. The number of nitrogens with one attached hydrogen (secondary N) is 1. The maximum absolute atomic E-state index is 11.9. The molecular formula is C18H26N4O2. The van der Waals surface area contributed by atoms with Crippen molar-refractivity contribution >= 4 is 5.91 Å². The van der Waals surface area contributed by atoms with Gasteiger partial charge in [-0.15, -0.1) is 0 Å². The fourth-order valence-electron chi connectivity index (χ4n) is 2.40. The number of nitrogens with zero attached hydrogens (tertiary/aromatic N) is 2. The van der Waals surface area contributed by atoms with E-state index in [1.807, 2.05) is 31.2 Å². The van der Waals surface area contributed by atoms with Crippen molar-refractivity contribution < 1.29 is 9.32 Å². The minimum Gasteiger partial charge on any atom is -0.354 e. The van der Waals surface area contributed by atoms with Crippen LogP contribution >= 0.6 is 0 Å². The van der Waals surface area contributed by atoms with Crippen LogP contribution in [0.25, 0.3) is 11.5 Å². The molecule has 0 bridgehead atoms. The highest BCUT2D eigenvalue weighted by Crippen LogP contribution is 2.18.